The van der Waals surface area contributed by atoms with Gasteiger partial charge < -0.3 is 4.98 Å². The van der Waals surface area contributed by atoms with Gasteiger partial charge in [-0.25, -0.2) is 0 Å². The third kappa shape index (κ3) is 1.59. The zero-order valence-electron chi connectivity index (χ0n) is 5.08. The Hall–Kier alpha value is 0.163. The summed E-state index contributed by atoms with van der Waals surface area (Å²) >= 11 is 0. The fourth-order valence-electron chi connectivity index (χ4n) is 0.459. The molecule has 2 heteroatoms. The van der Waals surface area contributed by atoms with Crippen LogP contribution in [0.15, 0.2) is 6.20 Å². The molecule has 1 N–H and O–H groups in total. The monoisotopic (exact) mass is 184 g/mol. The molecule has 0 saturated heterocycles. The second-order valence-corrected chi connectivity index (χ2v) is 1.72. The van der Waals surface area contributed by atoms with Crippen molar-refractivity contribution in [2.24, 2.45) is 0 Å². The molecule has 0 saturated carbocycles. The van der Waals surface area contributed by atoms with E-state index in [1.165, 1.54) is 11.1 Å². The Kier molecular flexibility index (Phi) is 3.31. The fourth-order valence-corrected chi connectivity index (χ4v) is 0.459. The number of aryl methyl sites for hydroxylation is 2. The molecule has 0 aromatic carbocycles. The SMILES string of the molecule is Cc1[c-][nH]cc1C.[Zr]. The minimum Gasteiger partial charge on any atom is -0.484 e. The van der Waals surface area contributed by atoms with Crippen LogP contribution in [0.3, 0.4) is 0 Å². The number of hydrogen-bond acceptors (Lipinski definition) is 0. The Balaban J connectivity index is 0.000000490. The molecule has 1 heterocycles. The number of nitrogens with one attached hydrogen (secondary N) is 1. The maximum Gasteiger partial charge on any atom is 0 e. The Bertz CT molecular complexity index is 141. The topological polar surface area (TPSA) is 15.8 Å². The van der Waals surface area contributed by atoms with Crippen LogP contribution in [0.2, 0.25) is 0 Å². The molecule has 1 rings (SSSR count). The van der Waals surface area contributed by atoms with E-state index < -0.39 is 0 Å². The molecule has 0 aliphatic heterocycles. The van der Waals surface area contributed by atoms with Gasteiger partial charge in [0.1, 0.15) is 0 Å². The summed E-state index contributed by atoms with van der Waals surface area (Å²) < 4.78 is 0. The first-order valence-electron chi connectivity index (χ1n) is 2.33. The van der Waals surface area contributed by atoms with Crippen molar-refractivity contribution in [3.8, 4) is 0 Å². The van der Waals surface area contributed by atoms with E-state index in [2.05, 4.69) is 18.1 Å². The van der Waals surface area contributed by atoms with Gasteiger partial charge in [-0.1, -0.05) is 13.8 Å². The van der Waals surface area contributed by atoms with Gasteiger partial charge in [-0.3, -0.25) is 0 Å². The summed E-state index contributed by atoms with van der Waals surface area (Å²) in [7, 11) is 0. The van der Waals surface area contributed by atoms with Crippen LogP contribution in [0, 0.1) is 20.0 Å². The number of hydrogen-bond donors (Lipinski definition) is 1. The predicted molar refractivity (Wildman–Crippen MR) is 29.1 cm³/mol. The van der Waals surface area contributed by atoms with Gasteiger partial charge in [0.2, 0.25) is 0 Å². The van der Waals surface area contributed by atoms with E-state index >= 15 is 0 Å². The van der Waals surface area contributed by atoms with Crippen LogP contribution in [0.25, 0.3) is 0 Å². The molecule has 0 unspecified atom stereocenters. The molecule has 0 atom stereocenters. The minimum absolute atomic E-state index is 0. The summed E-state index contributed by atoms with van der Waals surface area (Å²) in [4.78, 5) is 2.87. The molecule has 0 spiro atoms. The molecule has 42 valence electrons. The minimum atomic E-state index is 0. The number of H-pyrrole nitrogens is 1. The maximum absolute atomic E-state index is 2.94. The van der Waals surface area contributed by atoms with Crippen molar-refractivity contribution in [2.45, 2.75) is 13.8 Å². The second-order valence-electron chi connectivity index (χ2n) is 1.72. The first kappa shape index (κ1) is 8.16. The Morgan fingerprint density at radius 3 is 2.25 bits per heavy atom. The molecule has 1 nitrogen and oxygen atoms in total. The number of rotatable bonds is 0. The molecule has 0 bridgehead atoms. The predicted octanol–water partition coefficient (Wildman–Crippen LogP) is 1.43. The van der Waals surface area contributed by atoms with Crippen molar-refractivity contribution >= 4 is 0 Å². The van der Waals surface area contributed by atoms with Gasteiger partial charge >= 0.3 is 0 Å². The standard InChI is InChI=1S/C6H8N.Zr/c1-5-3-7-4-6(5)2;/h3,7H,1-2H3;/q-1;. The molecule has 1 aromatic heterocycles. The van der Waals surface area contributed by atoms with Gasteiger partial charge in [0.05, 0.1) is 0 Å². The third-order valence-corrected chi connectivity index (χ3v) is 1.14. The van der Waals surface area contributed by atoms with Crippen LogP contribution in [0.4, 0.5) is 0 Å². The van der Waals surface area contributed by atoms with Crippen molar-refractivity contribution in [1.82, 2.24) is 4.98 Å². The molecule has 1 aromatic rings. The van der Waals surface area contributed by atoms with Crippen molar-refractivity contribution in [3.05, 3.63) is 23.5 Å². The molecule has 0 aliphatic rings. The van der Waals surface area contributed by atoms with Crippen LogP contribution in [0.5, 0.6) is 0 Å². The van der Waals surface area contributed by atoms with Crippen LogP contribution in [-0.4, -0.2) is 4.98 Å². The van der Waals surface area contributed by atoms with E-state index in [9.17, 15) is 0 Å². The molecule has 0 fully saturated rings. The van der Waals surface area contributed by atoms with E-state index in [0.29, 0.717) is 0 Å². The fraction of sp³-hybridized carbons (Fsp3) is 0.333. The van der Waals surface area contributed by atoms with Crippen molar-refractivity contribution in [3.63, 3.8) is 0 Å². The van der Waals surface area contributed by atoms with Gasteiger partial charge in [-0.2, -0.15) is 11.1 Å². The van der Waals surface area contributed by atoms with Gasteiger partial charge in [0.25, 0.3) is 0 Å². The van der Waals surface area contributed by atoms with Crippen LogP contribution in [0.1, 0.15) is 11.1 Å². The Morgan fingerprint density at radius 1 is 1.50 bits per heavy atom. The van der Waals surface area contributed by atoms with Gasteiger partial charge in [-0.15, -0.1) is 12.4 Å². The van der Waals surface area contributed by atoms with Crippen molar-refractivity contribution in [1.29, 1.82) is 0 Å². The zero-order valence-corrected chi connectivity index (χ0v) is 7.54. The largest absolute Gasteiger partial charge is 0.484 e. The summed E-state index contributed by atoms with van der Waals surface area (Å²) in [5, 5.41) is 0. The summed E-state index contributed by atoms with van der Waals surface area (Å²) in [6.07, 6.45) is 4.88. The smallest absolute Gasteiger partial charge is 0 e. The molecular weight excluding hydrogens is 177 g/mol. The first-order valence-corrected chi connectivity index (χ1v) is 2.33. The summed E-state index contributed by atoms with van der Waals surface area (Å²) in [5.41, 5.74) is 2.49. The zero-order chi connectivity index (χ0) is 5.28. The summed E-state index contributed by atoms with van der Waals surface area (Å²) in [6.45, 7) is 4.09. The quantitative estimate of drug-likeness (QED) is 0.589. The van der Waals surface area contributed by atoms with Crippen molar-refractivity contribution < 1.29 is 26.2 Å². The van der Waals surface area contributed by atoms with Gasteiger partial charge in [0.15, 0.2) is 0 Å². The van der Waals surface area contributed by atoms with Crippen LogP contribution < -0.4 is 0 Å². The average Bonchev–Trinajstić information content (AvgIpc) is 1.91. The number of aromatic amines is 1. The van der Waals surface area contributed by atoms with E-state index in [4.69, 9.17) is 0 Å². The van der Waals surface area contributed by atoms with Crippen LogP contribution >= 0.6 is 0 Å². The normalized spacial score (nSPS) is 8.25. The summed E-state index contributed by atoms with van der Waals surface area (Å²) in [5.74, 6) is 0. The Labute approximate surface area is 68.6 Å². The molecule has 0 amide bonds. The van der Waals surface area contributed by atoms with Crippen LogP contribution in [-0.2, 0) is 26.2 Å². The Morgan fingerprint density at radius 2 is 2.12 bits per heavy atom. The third-order valence-electron chi connectivity index (χ3n) is 1.14. The maximum atomic E-state index is 2.94. The second kappa shape index (κ2) is 3.24. The van der Waals surface area contributed by atoms with Gasteiger partial charge in [-0.05, 0) is 0 Å². The first-order chi connectivity index (χ1) is 3.30. The summed E-state index contributed by atoms with van der Waals surface area (Å²) in [6, 6.07) is 0. The molecule has 0 radical (unpaired) electrons. The van der Waals surface area contributed by atoms with E-state index in [0.717, 1.165) is 0 Å². The number of aromatic nitrogens is 1. The van der Waals surface area contributed by atoms with E-state index in [1.807, 2.05) is 13.1 Å². The average molecular weight is 185 g/mol. The molecular formula is C6H8NZr-. The van der Waals surface area contributed by atoms with Crippen molar-refractivity contribution in [2.75, 3.05) is 0 Å². The van der Waals surface area contributed by atoms with E-state index in [1.54, 1.807) is 0 Å². The molecule has 0 aliphatic carbocycles. The molecule has 8 heavy (non-hydrogen) atoms. The van der Waals surface area contributed by atoms with E-state index in [-0.39, 0.29) is 26.2 Å². The van der Waals surface area contributed by atoms with Gasteiger partial charge in [0, 0.05) is 26.2 Å².